The van der Waals surface area contributed by atoms with E-state index in [1.807, 2.05) is 0 Å². The van der Waals surface area contributed by atoms with E-state index in [1.165, 1.54) is 18.2 Å². The SMILES string of the molecule is O=C1c2cccc([N+](=O)[O-])c2C(=O)N1CC1CO1. The first-order valence-corrected chi connectivity index (χ1v) is 5.35. The van der Waals surface area contributed by atoms with Crippen molar-refractivity contribution < 1.29 is 19.2 Å². The highest BCUT2D eigenvalue weighted by atomic mass is 16.6. The third kappa shape index (κ3) is 1.48. The lowest BCUT2D eigenvalue weighted by molar-refractivity contribution is -0.385. The van der Waals surface area contributed by atoms with E-state index in [1.54, 1.807) is 0 Å². The maximum absolute atomic E-state index is 12.0. The van der Waals surface area contributed by atoms with E-state index in [0.717, 1.165) is 4.90 Å². The first-order valence-electron chi connectivity index (χ1n) is 5.35. The van der Waals surface area contributed by atoms with Crippen molar-refractivity contribution in [3.05, 3.63) is 39.4 Å². The Morgan fingerprint density at radius 1 is 1.39 bits per heavy atom. The van der Waals surface area contributed by atoms with Crippen molar-refractivity contribution in [1.82, 2.24) is 4.90 Å². The zero-order valence-electron chi connectivity index (χ0n) is 9.16. The molecular formula is C11H8N2O5. The van der Waals surface area contributed by atoms with Gasteiger partial charge in [0.25, 0.3) is 17.5 Å². The minimum Gasteiger partial charge on any atom is -0.371 e. The van der Waals surface area contributed by atoms with E-state index in [9.17, 15) is 19.7 Å². The molecule has 0 saturated carbocycles. The minimum absolute atomic E-state index is 0.0925. The molecule has 2 amide bonds. The molecule has 0 spiro atoms. The molecule has 0 aliphatic carbocycles. The molecule has 7 nitrogen and oxygen atoms in total. The number of epoxide rings is 1. The molecule has 2 heterocycles. The zero-order chi connectivity index (χ0) is 12.9. The van der Waals surface area contributed by atoms with Crippen LogP contribution in [0.3, 0.4) is 0 Å². The Hall–Kier alpha value is -2.28. The molecule has 1 aromatic carbocycles. The highest BCUT2D eigenvalue weighted by molar-refractivity contribution is 6.23. The van der Waals surface area contributed by atoms with Gasteiger partial charge in [-0.1, -0.05) is 6.07 Å². The molecule has 2 aliphatic rings. The largest absolute Gasteiger partial charge is 0.371 e. The Morgan fingerprint density at radius 3 is 2.72 bits per heavy atom. The van der Waals surface area contributed by atoms with Crippen LogP contribution < -0.4 is 0 Å². The second kappa shape index (κ2) is 3.61. The van der Waals surface area contributed by atoms with Gasteiger partial charge in [0.1, 0.15) is 5.56 Å². The van der Waals surface area contributed by atoms with Crippen LogP contribution in [-0.2, 0) is 4.74 Å². The lowest BCUT2D eigenvalue weighted by Gasteiger charge is -2.10. The summed E-state index contributed by atoms with van der Waals surface area (Å²) >= 11 is 0. The third-order valence-corrected chi connectivity index (χ3v) is 2.96. The quantitative estimate of drug-likeness (QED) is 0.338. The molecule has 0 radical (unpaired) electrons. The molecule has 1 unspecified atom stereocenters. The first kappa shape index (κ1) is 10.8. The Labute approximate surface area is 101 Å². The molecule has 7 heteroatoms. The fourth-order valence-corrected chi connectivity index (χ4v) is 2.01. The number of amides is 2. The number of nitro groups is 1. The van der Waals surface area contributed by atoms with Gasteiger partial charge in [-0.2, -0.15) is 0 Å². The Bertz CT molecular complexity index is 579. The van der Waals surface area contributed by atoms with Crippen molar-refractivity contribution in [3.8, 4) is 0 Å². The number of hydrogen-bond donors (Lipinski definition) is 0. The van der Waals surface area contributed by atoms with Crippen LogP contribution in [0, 0.1) is 10.1 Å². The van der Waals surface area contributed by atoms with Crippen molar-refractivity contribution in [2.24, 2.45) is 0 Å². The highest BCUT2D eigenvalue weighted by Gasteiger charge is 2.43. The Kier molecular flexibility index (Phi) is 2.17. The summed E-state index contributed by atoms with van der Waals surface area (Å²) in [5.41, 5.74) is -0.354. The number of hydrogen-bond acceptors (Lipinski definition) is 5. The van der Waals surface area contributed by atoms with Crippen LogP contribution >= 0.6 is 0 Å². The fourth-order valence-electron chi connectivity index (χ4n) is 2.01. The number of ether oxygens (including phenoxy) is 1. The van der Waals surface area contributed by atoms with Crippen LogP contribution in [0.5, 0.6) is 0 Å². The van der Waals surface area contributed by atoms with Gasteiger partial charge in [0.15, 0.2) is 0 Å². The molecule has 1 saturated heterocycles. The number of rotatable bonds is 3. The minimum atomic E-state index is -0.652. The van der Waals surface area contributed by atoms with Gasteiger partial charge in [0, 0.05) is 6.07 Å². The molecule has 0 N–H and O–H groups in total. The third-order valence-electron chi connectivity index (χ3n) is 2.96. The number of imide groups is 1. The van der Waals surface area contributed by atoms with E-state index in [4.69, 9.17) is 4.74 Å². The van der Waals surface area contributed by atoms with E-state index >= 15 is 0 Å². The average molecular weight is 248 g/mol. The summed E-state index contributed by atoms with van der Waals surface area (Å²) in [6, 6.07) is 4.05. The van der Waals surface area contributed by atoms with E-state index in [-0.39, 0.29) is 29.5 Å². The monoisotopic (exact) mass is 248 g/mol. The van der Waals surface area contributed by atoms with E-state index < -0.39 is 16.7 Å². The van der Waals surface area contributed by atoms with Gasteiger partial charge in [-0.3, -0.25) is 24.6 Å². The normalized spacial score (nSPS) is 21.1. The smallest absolute Gasteiger partial charge is 0.282 e. The maximum atomic E-state index is 12.0. The van der Waals surface area contributed by atoms with Gasteiger partial charge in [-0.25, -0.2) is 0 Å². The van der Waals surface area contributed by atoms with Crippen LogP contribution in [0.2, 0.25) is 0 Å². The number of nitrogens with zero attached hydrogens (tertiary/aromatic N) is 2. The zero-order valence-corrected chi connectivity index (χ0v) is 9.16. The molecule has 3 rings (SSSR count). The fraction of sp³-hybridized carbons (Fsp3) is 0.273. The van der Waals surface area contributed by atoms with Gasteiger partial charge in [-0.05, 0) is 6.07 Å². The molecule has 2 aliphatic heterocycles. The summed E-state index contributed by atoms with van der Waals surface area (Å²) in [6.07, 6.45) is -0.133. The predicted molar refractivity (Wildman–Crippen MR) is 58.2 cm³/mol. The molecule has 92 valence electrons. The summed E-state index contributed by atoms with van der Waals surface area (Å²) < 4.78 is 4.96. The van der Waals surface area contributed by atoms with Crippen molar-refractivity contribution >= 4 is 17.5 Å². The molecule has 0 bridgehead atoms. The lowest BCUT2D eigenvalue weighted by atomic mass is 10.1. The van der Waals surface area contributed by atoms with Crippen LogP contribution in [0.4, 0.5) is 5.69 Å². The van der Waals surface area contributed by atoms with Crippen LogP contribution in [-0.4, -0.2) is 40.9 Å². The standard InChI is InChI=1S/C11H8N2O5/c14-10-7-2-1-3-8(13(16)17)9(7)11(15)12(10)4-6-5-18-6/h1-3,6H,4-5H2. The van der Waals surface area contributed by atoms with Crippen molar-refractivity contribution in [2.75, 3.05) is 13.2 Å². The summed E-state index contributed by atoms with van der Waals surface area (Å²) in [5, 5.41) is 10.9. The molecule has 1 fully saturated rings. The summed E-state index contributed by atoms with van der Waals surface area (Å²) in [6.45, 7) is 0.666. The molecular weight excluding hydrogens is 240 g/mol. The van der Waals surface area contributed by atoms with Gasteiger partial charge >= 0.3 is 0 Å². The number of fused-ring (bicyclic) bond motifs is 1. The Morgan fingerprint density at radius 2 is 2.11 bits per heavy atom. The van der Waals surface area contributed by atoms with Gasteiger partial charge in [0.2, 0.25) is 0 Å². The number of carbonyl (C=O) groups is 2. The highest BCUT2D eigenvalue weighted by Crippen LogP contribution is 2.31. The van der Waals surface area contributed by atoms with Gasteiger partial charge in [0.05, 0.1) is 29.7 Å². The van der Waals surface area contributed by atoms with Gasteiger partial charge in [-0.15, -0.1) is 0 Å². The second-order valence-electron chi connectivity index (χ2n) is 4.13. The molecule has 1 atom stereocenters. The van der Waals surface area contributed by atoms with E-state index in [2.05, 4.69) is 0 Å². The maximum Gasteiger partial charge on any atom is 0.282 e. The predicted octanol–water partition coefficient (Wildman–Crippen LogP) is 0.590. The second-order valence-corrected chi connectivity index (χ2v) is 4.13. The summed E-state index contributed by atoms with van der Waals surface area (Å²) in [4.78, 5) is 35.2. The van der Waals surface area contributed by atoms with Crippen molar-refractivity contribution in [1.29, 1.82) is 0 Å². The lowest BCUT2D eigenvalue weighted by Crippen LogP contribution is -2.33. The van der Waals surface area contributed by atoms with Crippen molar-refractivity contribution in [2.45, 2.75) is 6.10 Å². The number of nitro benzene ring substituents is 1. The van der Waals surface area contributed by atoms with Crippen LogP contribution in [0.15, 0.2) is 18.2 Å². The molecule has 1 aromatic rings. The van der Waals surface area contributed by atoms with Crippen LogP contribution in [0.25, 0.3) is 0 Å². The summed E-state index contributed by atoms with van der Waals surface area (Å²) in [7, 11) is 0. The number of carbonyl (C=O) groups excluding carboxylic acids is 2. The summed E-state index contributed by atoms with van der Waals surface area (Å²) in [5.74, 6) is -1.10. The first-order chi connectivity index (χ1) is 8.59. The van der Waals surface area contributed by atoms with Crippen molar-refractivity contribution in [3.63, 3.8) is 0 Å². The topological polar surface area (TPSA) is 93.0 Å². The molecule has 0 aromatic heterocycles. The average Bonchev–Trinajstić information content (AvgIpc) is 3.13. The number of benzene rings is 1. The van der Waals surface area contributed by atoms with Crippen LogP contribution in [0.1, 0.15) is 20.7 Å². The van der Waals surface area contributed by atoms with Gasteiger partial charge < -0.3 is 4.74 Å². The van der Waals surface area contributed by atoms with E-state index in [0.29, 0.717) is 6.61 Å². The molecule has 18 heavy (non-hydrogen) atoms. The Balaban J connectivity index is 2.05.